The van der Waals surface area contributed by atoms with Crippen molar-refractivity contribution >= 4 is 29.0 Å². The van der Waals surface area contributed by atoms with Gasteiger partial charge in [-0.25, -0.2) is 4.39 Å². The summed E-state index contributed by atoms with van der Waals surface area (Å²) in [6, 6.07) is 17.9. The SMILES string of the molecule is COCCCn1c(=S)[nH]c2cc(C(=O)NCc3ccc(Oc4ccc(F)cc4)cc3)ccc2c1=O. The number of carbonyl (C=O) groups excluding carboxylic acids is 1. The van der Waals surface area contributed by atoms with Gasteiger partial charge in [-0.05, 0) is 78.8 Å². The minimum Gasteiger partial charge on any atom is -0.457 e. The average Bonchev–Trinajstić information content (AvgIpc) is 2.86. The van der Waals surface area contributed by atoms with E-state index in [2.05, 4.69) is 10.3 Å². The van der Waals surface area contributed by atoms with Crippen molar-refractivity contribution in [2.75, 3.05) is 13.7 Å². The van der Waals surface area contributed by atoms with Gasteiger partial charge in [-0.3, -0.25) is 14.2 Å². The largest absolute Gasteiger partial charge is 0.457 e. The highest BCUT2D eigenvalue weighted by atomic mass is 32.1. The van der Waals surface area contributed by atoms with Crippen molar-refractivity contribution < 1.29 is 18.7 Å². The fourth-order valence-corrected chi connectivity index (χ4v) is 3.85. The molecule has 0 spiro atoms. The maximum absolute atomic E-state index is 13.0. The van der Waals surface area contributed by atoms with Gasteiger partial charge in [0.1, 0.15) is 17.3 Å². The van der Waals surface area contributed by atoms with E-state index in [0.717, 1.165) is 5.56 Å². The molecule has 0 aliphatic heterocycles. The molecule has 0 saturated carbocycles. The summed E-state index contributed by atoms with van der Waals surface area (Å²) in [5.41, 5.74) is 1.60. The molecule has 0 radical (unpaired) electrons. The molecule has 1 amide bonds. The van der Waals surface area contributed by atoms with Crippen LogP contribution in [-0.2, 0) is 17.8 Å². The quantitative estimate of drug-likeness (QED) is 0.254. The number of hydrogen-bond acceptors (Lipinski definition) is 5. The molecule has 0 fully saturated rings. The predicted octanol–water partition coefficient (Wildman–Crippen LogP) is 4.96. The van der Waals surface area contributed by atoms with Gasteiger partial charge in [0.15, 0.2) is 4.77 Å². The van der Waals surface area contributed by atoms with Crippen LogP contribution in [0.3, 0.4) is 0 Å². The molecule has 3 aromatic carbocycles. The number of aromatic amines is 1. The zero-order valence-electron chi connectivity index (χ0n) is 19.0. The Bertz CT molecular complexity index is 1450. The van der Waals surface area contributed by atoms with Crippen molar-refractivity contribution in [3.8, 4) is 11.5 Å². The molecule has 0 saturated heterocycles. The third kappa shape index (κ3) is 6.00. The molecule has 1 heterocycles. The normalized spacial score (nSPS) is 10.9. The van der Waals surface area contributed by atoms with Gasteiger partial charge in [0, 0.05) is 32.4 Å². The Kier molecular flexibility index (Phi) is 7.69. The number of methoxy groups -OCH3 is 1. The van der Waals surface area contributed by atoms with Crippen molar-refractivity contribution in [1.29, 1.82) is 0 Å². The van der Waals surface area contributed by atoms with E-state index in [0.29, 0.717) is 58.9 Å². The molecule has 7 nitrogen and oxygen atoms in total. The maximum Gasteiger partial charge on any atom is 0.262 e. The first kappa shape index (κ1) is 24.3. The van der Waals surface area contributed by atoms with Gasteiger partial charge in [0.25, 0.3) is 11.5 Å². The third-order valence-electron chi connectivity index (χ3n) is 5.40. The molecule has 0 bridgehead atoms. The minimum atomic E-state index is -0.327. The molecular formula is C26H24FN3O4S. The number of aromatic nitrogens is 2. The number of rotatable bonds is 9. The third-order valence-corrected chi connectivity index (χ3v) is 5.72. The van der Waals surface area contributed by atoms with E-state index in [1.165, 1.54) is 16.7 Å². The highest BCUT2D eigenvalue weighted by molar-refractivity contribution is 7.71. The van der Waals surface area contributed by atoms with E-state index in [4.69, 9.17) is 21.7 Å². The van der Waals surface area contributed by atoms with Crippen LogP contribution in [0.2, 0.25) is 0 Å². The second-order valence-electron chi connectivity index (χ2n) is 7.88. The zero-order valence-corrected chi connectivity index (χ0v) is 19.9. The molecule has 0 unspecified atom stereocenters. The number of nitrogens with one attached hydrogen (secondary N) is 2. The maximum atomic E-state index is 13.0. The summed E-state index contributed by atoms with van der Waals surface area (Å²) in [5, 5.41) is 3.33. The van der Waals surface area contributed by atoms with Crippen LogP contribution in [0.4, 0.5) is 4.39 Å². The summed E-state index contributed by atoms with van der Waals surface area (Å²) < 4.78 is 25.5. The van der Waals surface area contributed by atoms with Crippen LogP contribution in [0.5, 0.6) is 11.5 Å². The molecule has 0 aliphatic carbocycles. The van der Waals surface area contributed by atoms with Gasteiger partial charge in [-0.15, -0.1) is 0 Å². The first-order valence-corrected chi connectivity index (χ1v) is 11.4. The molecule has 180 valence electrons. The standard InChI is InChI=1S/C26H24FN3O4S/c1-33-14-2-13-30-25(32)22-12-5-18(15-23(22)29-26(30)35)24(31)28-16-17-3-8-20(9-4-17)34-21-10-6-19(27)7-11-21/h3-12,15H,2,13-14,16H2,1H3,(H,28,31)(H,29,35). The van der Waals surface area contributed by atoms with E-state index in [1.807, 2.05) is 12.1 Å². The second-order valence-corrected chi connectivity index (χ2v) is 8.26. The van der Waals surface area contributed by atoms with E-state index in [-0.39, 0.29) is 17.3 Å². The Labute approximate surface area is 206 Å². The first-order valence-electron chi connectivity index (χ1n) is 11.0. The average molecular weight is 494 g/mol. The molecule has 1 aromatic heterocycles. The second kappa shape index (κ2) is 11.1. The number of benzene rings is 3. The lowest BCUT2D eigenvalue weighted by Gasteiger charge is -2.10. The van der Waals surface area contributed by atoms with Crippen molar-refractivity contribution in [2.24, 2.45) is 0 Å². The van der Waals surface area contributed by atoms with Crippen LogP contribution >= 0.6 is 12.2 Å². The summed E-state index contributed by atoms with van der Waals surface area (Å²) in [7, 11) is 1.61. The number of fused-ring (bicyclic) bond motifs is 1. The van der Waals surface area contributed by atoms with Crippen LogP contribution < -0.4 is 15.6 Å². The summed E-state index contributed by atoms with van der Waals surface area (Å²) >= 11 is 5.34. The molecule has 35 heavy (non-hydrogen) atoms. The molecule has 0 atom stereocenters. The Morgan fingerprint density at radius 3 is 2.43 bits per heavy atom. The van der Waals surface area contributed by atoms with Crippen LogP contribution in [-0.4, -0.2) is 29.2 Å². The molecule has 0 aliphatic rings. The van der Waals surface area contributed by atoms with Gasteiger partial charge < -0.3 is 19.8 Å². The predicted molar refractivity (Wildman–Crippen MR) is 134 cm³/mol. The molecule has 4 rings (SSSR count). The monoisotopic (exact) mass is 493 g/mol. The lowest BCUT2D eigenvalue weighted by molar-refractivity contribution is 0.0951. The topological polar surface area (TPSA) is 85.3 Å². The number of hydrogen-bond donors (Lipinski definition) is 2. The van der Waals surface area contributed by atoms with Crippen LogP contribution in [0.25, 0.3) is 10.9 Å². The first-order chi connectivity index (χ1) is 16.9. The Morgan fingerprint density at radius 2 is 1.74 bits per heavy atom. The highest BCUT2D eigenvalue weighted by Crippen LogP contribution is 2.22. The molecular weight excluding hydrogens is 469 g/mol. The number of H-pyrrole nitrogens is 1. The fraction of sp³-hybridized carbons (Fsp3) is 0.192. The van der Waals surface area contributed by atoms with Crippen molar-refractivity contribution in [3.05, 3.63) is 98.8 Å². The van der Waals surface area contributed by atoms with Gasteiger partial charge in [0.2, 0.25) is 0 Å². The van der Waals surface area contributed by atoms with Gasteiger partial charge >= 0.3 is 0 Å². The van der Waals surface area contributed by atoms with E-state index in [9.17, 15) is 14.0 Å². The van der Waals surface area contributed by atoms with Crippen molar-refractivity contribution in [2.45, 2.75) is 19.5 Å². The summed E-state index contributed by atoms with van der Waals surface area (Å²) in [6.45, 7) is 1.29. The minimum absolute atomic E-state index is 0.199. The van der Waals surface area contributed by atoms with E-state index >= 15 is 0 Å². The fourth-order valence-electron chi connectivity index (χ4n) is 3.56. The van der Waals surface area contributed by atoms with Crippen molar-refractivity contribution in [3.63, 3.8) is 0 Å². The van der Waals surface area contributed by atoms with Crippen LogP contribution in [0.15, 0.2) is 71.5 Å². The number of halogens is 1. The summed E-state index contributed by atoms with van der Waals surface area (Å²) in [4.78, 5) is 28.6. The Balaban J connectivity index is 1.41. The summed E-state index contributed by atoms with van der Waals surface area (Å²) in [6.07, 6.45) is 0.666. The van der Waals surface area contributed by atoms with E-state index < -0.39 is 0 Å². The molecule has 9 heteroatoms. The number of carbonyl (C=O) groups is 1. The van der Waals surface area contributed by atoms with E-state index in [1.54, 1.807) is 49.6 Å². The zero-order chi connectivity index (χ0) is 24.8. The number of nitrogens with zero attached hydrogens (tertiary/aromatic N) is 1. The van der Waals surface area contributed by atoms with Gasteiger partial charge in [0.05, 0.1) is 10.9 Å². The summed E-state index contributed by atoms with van der Waals surface area (Å²) in [5.74, 6) is 0.531. The number of amides is 1. The molecule has 4 aromatic rings. The highest BCUT2D eigenvalue weighted by Gasteiger charge is 2.11. The number of ether oxygens (including phenoxy) is 2. The van der Waals surface area contributed by atoms with Gasteiger partial charge in [-0.1, -0.05) is 12.1 Å². The lowest BCUT2D eigenvalue weighted by Crippen LogP contribution is -2.24. The Morgan fingerprint density at radius 1 is 1.06 bits per heavy atom. The van der Waals surface area contributed by atoms with Crippen LogP contribution in [0.1, 0.15) is 22.3 Å². The van der Waals surface area contributed by atoms with Gasteiger partial charge in [-0.2, -0.15) is 0 Å². The van der Waals surface area contributed by atoms with Crippen molar-refractivity contribution in [1.82, 2.24) is 14.9 Å². The van der Waals surface area contributed by atoms with Crippen LogP contribution in [0, 0.1) is 10.6 Å². The smallest absolute Gasteiger partial charge is 0.262 e. The lowest BCUT2D eigenvalue weighted by atomic mass is 10.1. The Hall–Kier alpha value is -3.82. The molecule has 2 N–H and O–H groups in total.